The van der Waals surface area contributed by atoms with Gasteiger partial charge < -0.3 is 11.1 Å². The van der Waals surface area contributed by atoms with Crippen LogP contribution in [0.15, 0.2) is 48.7 Å². The van der Waals surface area contributed by atoms with E-state index in [4.69, 9.17) is 5.73 Å². The van der Waals surface area contributed by atoms with Gasteiger partial charge >= 0.3 is 0 Å². The van der Waals surface area contributed by atoms with Crippen LogP contribution >= 0.6 is 0 Å². The smallest absolute Gasteiger partial charge is 0.225 e. The van der Waals surface area contributed by atoms with Crippen LogP contribution in [0.1, 0.15) is 5.69 Å². The summed E-state index contributed by atoms with van der Waals surface area (Å²) < 4.78 is 0. The Balaban J connectivity index is 1.85. The molecule has 0 unspecified atom stereocenters. The molecule has 0 atom stereocenters. The highest BCUT2D eigenvalue weighted by Crippen LogP contribution is 2.18. The molecule has 3 aromatic rings. The zero-order chi connectivity index (χ0) is 13.1. The summed E-state index contributed by atoms with van der Waals surface area (Å²) in [6, 6.07) is 13.4. The van der Waals surface area contributed by atoms with Crippen LogP contribution in [-0.4, -0.2) is 15.0 Å². The molecule has 0 radical (unpaired) electrons. The standard InChI is InChI=1S/C14H13N5/c15-13-11-6-1-2-7-12(11)18-14(19-13)17-9-10-5-3-4-8-16-10/h1-8H,9H2,(H3,15,17,18,19). The molecule has 2 heterocycles. The summed E-state index contributed by atoms with van der Waals surface area (Å²) in [6.45, 7) is 0.568. The number of aromatic nitrogens is 3. The molecular weight excluding hydrogens is 238 g/mol. The molecule has 0 aliphatic rings. The third-order valence-electron chi connectivity index (χ3n) is 2.79. The van der Waals surface area contributed by atoms with Gasteiger partial charge in [0.25, 0.3) is 0 Å². The molecule has 1 aromatic carbocycles. The average molecular weight is 251 g/mol. The predicted octanol–water partition coefficient (Wildman–Crippen LogP) is 2.22. The first kappa shape index (κ1) is 11.4. The molecule has 19 heavy (non-hydrogen) atoms. The summed E-state index contributed by atoms with van der Waals surface area (Å²) in [5.41, 5.74) is 7.68. The normalized spacial score (nSPS) is 10.5. The van der Waals surface area contributed by atoms with Crippen molar-refractivity contribution >= 4 is 22.7 Å². The summed E-state index contributed by atoms with van der Waals surface area (Å²) in [4.78, 5) is 12.9. The molecule has 5 heteroatoms. The van der Waals surface area contributed by atoms with E-state index >= 15 is 0 Å². The Morgan fingerprint density at radius 3 is 2.68 bits per heavy atom. The molecule has 0 saturated carbocycles. The van der Waals surface area contributed by atoms with Gasteiger partial charge in [-0.2, -0.15) is 4.98 Å². The zero-order valence-corrected chi connectivity index (χ0v) is 10.2. The van der Waals surface area contributed by atoms with Crippen LogP contribution in [0.4, 0.5) is 11.8 Å². The van der Waals surface area contributed by atoms with E-state index in [0.29, 0.717) is 18.3 Å². The van der Waals surface area contributed by atoms with E-state index in [-0.39, 0.29) is 0 Å². The van der Waals surface area contributed by atoms with E-state index in [9.17, 15) is 0 Å². The molecule has 3 rings (SSSR count). The molecule has 3 N–H and O–H groups in total. The van der Waals surface area contributed by atoms with E-state index in [1.54, 1.807) is 6.20 Å². The first-order chi connectivity index (χ1) is 9.33. The fourth-order valence-corrected chi connectivity index (χ4v) is 1.85. The summed E-state index contributed by atoms with van der Waals surface area (Å²) in [5, 5.41) is 4.00. The van der Waals surface area contributed by atoms with Crippen molar-refractivity contribution < 1.29 is 0 Å². The number of rotatable bonds is 3. The van der Waals surface area contributed by atoms with E-state index in [0.717, 1.165) is 16.6 Å². The number of hydrogen-bond acceptors (Lipinski definition) is 5. The molecule has 0 bridgehead atoms. The Hall–Kier alpha value is -2.69. The molecule has 0 amide bonds. The molecular formula is C14H13N5. The Morgan fingerprint density at radius 1 is 1.00 bits per heavy atom. The average Bonchev–Trinajstić information content (AvgIpc) is 2.46. The van der Waals surface area contributed by atoms with Crippen LogP contribution in [0.25, 0.3) is 10.9 Å². The third kappa shape index (κ3) is 2.44. The number of nitrogen functional groups attached to an aromatic ring is 1. The number of nitrogens with two attached hydrogens (primary N) is 1. The van der Waals surface area contributed by atoms with Gasteiger partial charge in [-0.05, 0) is 24.3 Å². The minimum atomic E-state index is 0.481. The van der Waals surface area contributed by atoms with Crippen molar-refractivity contribution in [3.8, 4) is 0 Å². The van der Waals surface area contributed by atoms with Crippen LogP contribution < -0.4 is 11.1 Å². The second-order valence-electron chi connectivity index (χ2n) is 4.12. The largest absolute Gasteiger partial charge is 0.383 e. The van der Waals surface area contributed by atoms with Gasteiger partial charge in [0.15, 0.2) is 0 Å². The highest BCUT2D eigenvalue weighted by atomic mass is 15.1. The third-order valence-corrected chi connectivity index (χ3v) is 2.79. The highest BCUT2D eigenvalue weighted by molar-refractivity contribution is 5.88. The fourth-order valence-electron chi connectivity index (χ4n) is 1.85. The van der Waals surface area contributed by atoms with Crippen molar-refractivity contribution in [3.63, 3.8) is 0 Å². The van der Waals surface area contributed by atoms with Crippen molar-refractivity contribution in [2.24, 2.45) is 0 Å². The van der Waals surface area contributed by atoms with E-state index in [2.05, 4.69) is 20.3 Å². The van der Waals surface area contributed by atoms with Crippen molar-refractivity contribution in [3.05, 3.63) is 54.4 Å². The lowest BCUT2D eigenvalue weighted by molar-refractivity contribution is 1.01. The van der Waals surface area contributed by atoms with Gasteiger partial charge in [-0.25, -0.2) is 4.98 Å². The van der Waals surface area contributed by atoms with Gasteiger partial charge in [-0.3, -0.25) is 4.98 Å². The van der Waals surface area contributed by atoms with Gasteiger partial charge in [0.05, 0.1) is 17.8 Å². The van der Waals surface area contributed by atoms with Gasteiger partial charge in [0, 0.05) is 11.6 Å². The van der Waals surface area contributed by atoms with Crippen LogP contribution in [0.5, 0.6) is 0 Å². The Bertz CT molecular complexity index is 697. The zero-order valence-electron chi connectivity index (χ0n) is 10.2. The molecule has 94 valence electrons. The molecule has 0 saturated heterocycles. The number of benzene rings is 1. The van der Waals surface area contributed by atoms with Gasteiger partial charge in [-0.1, -0.05) is 18.2 Å². The van der Waals surface area contributed by atoms with E-state index < -0.39 is 0 Å². The number of fused-ring (bicyclic) bond motifs is 1. The summed E-state index contributed by atoms with van der Waals surface area (Å²) in [7, 11) is 0. The first-order valence-electron chi connectivity index (χ1n) is 5.99. The summed E-state index contributed by atoms with van der Waals surface area (Å²) in [6.07, 6.45) is 1.76. The maximum absolute atomic E-state index is 5.92. The molecule has 0 aliphatic carbocycles. The van der Waals surface area contributed by atoms with Crippen molar-refractivity contribution in [1.82, 2.24) is 15.0 Å². The van der Waals surface area contributed by atoms with Gasteiger partial charge in [0.2, 0.25) is 5.95 Å². The number of anilines is 2. The summed E-state index contributed by atoms with van der Waals surface area (Å²) in [5.74, 6) is 0.996. The first-order valence-corrected chi connectivity index (χ1v) is 5.99. The molecule has 0 aliphatic heterocycles. The van der Waals surface area contributed by atoms with Crippen LogP contribution in [-0.2, 0) is 6.54 Å². The van der Waals surface area contributed by atoms with E-state index in [1.807, 2.05) is 42.5 Å². The number of nitrogens with one attached hydrogen (secondary N) is 1. The number of para-hydroxylation sites is 1. The van der Waals surface area contributed by atoms with Crippen molar-refractivity contribution in [2.45, 2.75) is 6.54 Å². The van der Waals surface area contributed by atoms with Crippen LogP contribution in [0.3, 0.4) is 0 Å². The second kappa shape index (κ2) is 4.89. The van der Waals surface area contributed by atoms with Crippen molar-refractivity contribution in [1.29, 1.82) is 0 Å². The number of nitrogens with zero attached hydrogens (tertiary/aromatic N) is 3. The molecule has 5 nitrogen and oxygen atoms in total. The van der Waals surface area contributed by atoms with Gasteiger partial charge in [-0.15, -0.1) is 0 Å². The van der Waals surface area contributed by atoms with Gasteiger partial charge in [0.1, 0.15) is 5.82 Å². The molecule has 2 aromatic heterocycles. The quantitative estimate of drug-likeness (QED) is 0.746. The minimum Gasteiger partial charge on any atom is -0.383 e. The number of pyridine rings is 1. The second-order valence-corrected chi connectivity index (χ2v) is 4.12. The molecule has 0 fully saturated rings. The van der Waals surface area contributed by atoms with Crippen LogP contribution in [0, 0.1) is 0 Å². The van der Waals surface area contributed by atoms with Crippen molar-refractivity contribution in [2.75, 3.05) is 11.1 Å². The Kier molecular flexibility index (Phi) is 2.94. The highest BCUT2D eigenvalue weighted by Gasteiger charge is 2.04. The van der Waals surface area contributed by atoms with Crippen LogP contribution in [0.2, 0.25) is 0 Å². The topological polar surface area (TPSA) is 76.7 Å². The molecule has 0 spiro atoms. The monoisotopic (exact) mass is 251 g/mol. The SMILES string of the molecule is Nc1nc(NCc2ccccn2)nc2ccccc12. The minimum absolute atomic E-state index is 0.481. The predicted molar refractivity (Wildman–Crippen MR) is 75.5 cm³/mol. The lowest BCUT2D eigenvalue weighted by Crippen LogP contribution is -2.06. The maximum Gasteiger partial charge on any atom is 0.225 e. The Labute approximate surface area is 110 Å². The lowest BCUT2D eigenvalue weighted by Gasteiger charge is -2.07. The maximum atomic E-state index is 5.92. The Morgan fingerprint density at radius 2 is 1.84 bits per heavy atom. The van der Waals surface area contributed by atoms with E-state index in [1.165, 1.54) is 0 Å². The number of hydrogen-bond donors (Lipinski definition) is 2. The lowest BCUT2D eigenvalue weighted by atomic mass is 10.2. The fraction of sp³-hybridized carbons (Fsp3) is 0.0714. The summed E-state index contributed by atoms with van der Waals surface area (Å²) >= 11 is 0.